The average Bonchev–Trinajstić information content (AvgIpc) is 2.66. The maximum absolute atomic E-state index is 12.2. The lowest BCUT2D eigenvalue weighted by atomic mass is 10.0. The van der Waals surface area contributed by atoms with E-state index < -0.39 is 5.97 Å². The first-order valence-electron chi connectivity index (χ1n) is 8.30. The highest BCUT2D eigenvalue weighted by Gasteiger charge is 2.13. The fourth-order valence-electron chi connectivity index (χ4n) is 2.52. The van der Waals surface area contributed by atoms with Crippen LogP contribution < -0.4 is 10.1 Å². The van der Waals surface area contributed by atoms with Crippen molar-refractivity contribution in [2.24, 2.45) is 0 Å². The normalized spacial score (nSPS) is 10.2. The molecule has 0 aliphatic rings. The number of aryl methyl sites for hydroxylation is 2. The molecule has 0 bridgehead atoms. The summed E-state index contributed by atoms with van der Waals surface area (Å²) in [7, 11) is 1.55. The average molecular weight is 341 g/mol. The van der Waals surface area contributed by atoms with Crippen molar-refractivity contribution < 1.29 is 19.1 Å². The minimum absolute atomic E-state index is 0.327. The number of para-hydroxylation sites is 1. The van der Waals surface area contributed by atoms with Gasteiger partial charge in [-0.25, -0.2) is 4.79 Å². The quantitative estimate of drug-likeness (QED) is 0.781. The van der Waals surface area contributed by atoms with E-state index in [-0.39, 0.29) is 12.5 Å². The zero-order valence-corrected chi connectivity index (χ0v) is 14.8. The topological polar surface area (TPSA) is 64.6 Å². The lowest BCUT2D eigenvalue weighted by Crippen LogP contribution is -2.22. The SMILES string of the molecule is CCc1cccc(CC)c1NC(=O)COC(=O)c1ccc(OC)cc1. The van der Waals surface area contributed by atoms with Gasteiger partial charge in [0.2, 0.25) is 0 Å². The molecule has 1 amide bonds. The van der Waals surface area contributed by atoms with Crippen LogP contribution in [0.25, 0.3) is 0 Å². The van der Waals surface area contributed by atoms with Crippen LogP contribution in [0.15, 0.2) is 42.5 Å². The molecule has 0 atom stereocenters. The molecule has 25 heavy (non-hydrogen) atoms. The van der Waals surface area contributed by atoms with Crippen molar-refractivity contribution in [1.29, 1.82) is 0 Å². The van der Waals surface area contributed by atoms with E-state index in [0.29, 0.717) is 11.3 Å². The summed E-state index contributed by atoms with van der Waals surface area (Å²) in [5.74, 6) is -0.243. The molecule has 0 spiro atoms. The second-order valence-corrected chi connectivity index (χ2v) is 5.51. The number of carbonyl (C=O) groups is 2. The Bertz CT molecular complexity index is 716. The predicted molar refractivity (Wildman–Crippen MR) is 97.1 cm³/mol. The third-order valence-electron chi connectivity index (χ3n) is 3.92. The summed E-state index contributed by atoms with van der Waals surface area (Å²) >= 11 is 0. The summed E-state index contributed by atoms with van der Waals surface area (Å²) in [6.07, 6.45) is 1.63. The predicted octanol–water partition coefficient (Wildman–Crippen LogP) is 3.62. The van der Waals surface area contributed by atoms with Crippen molar-refractivity contribution in [3.8, 4) is 5.75 Å². The van der Waals surface area contributed by atoms with Crippen molar-refractivity contribution in [1.82, 2.24) is 0 Å². The van der Waals surface area contributed by atoms with E-state index in [1.54, 1.807) is 31.4 Å². The fraction of sp³-hybridized carbons (Fsp3) is 0.300. The Hall–Kier alpha value is -2.82. The van der Waals surface area contributed by atoms with Gasteiger partial charge in [0, 0.05) is 5.69 Å². The fourth-order valence-corrected chi connectivity index (χ4v) is 2.52. The number of ether oxygens (including phenoxy) is 2. The van der Waals surface area contributed by atoms with Crippen LogP contribution in [0, 0.1) is 0 Å². The number of rotatable bonds is 7. The first kappa shape index (κ1) is 18.5. The van der Waals surface area contributed by atoms with Gasteiger partial charge in [0.1, 0.15) is 5.75 Å². The molecule has 2 aromatic rings. The molecule has 132 valence electrons. The van der Waals surface area contributed by atoms with E-state index in [4.69, 9.17) is 9.47 Å². The van der Waals surface area contributed by atoms with Crippen LogP contribution >= 0.6 is 0 Å². The second-order valence-electron chi connectivity index (χ2n) is 5.51. The largest absolute Gasteiger partial charge is 0.497 e. The Kier molecular flexibility index (Phi) is 6.57. The van der Waals surface area contributed by atoms with E-state index in [1.165, 1.54) is 0 Å². The monoisotopic (exact) mass is 341 g/mol. The van der Waals surface area contributed by atoms with Gasteiger partial charge in [-0.1, -0.05) is 32.0 Å². The number of anilines is 1. The Labute approximate surface area is 148 Å². The van der Waals surface area contributed by atoms with Gasteiger partial charge in [-0.15, -0.1) is 0 Å². The first-order valence-corrected chi connectivity index (χ1v) is 8.30. The lowest BCUT2D eigenvalue weighted by molar-refractivity contribution is -0.119. The number of hydrogen-bond acceptors (Lipinski definition) is 4. The molecule has 0 saturated heterocycles. The zero-order chi connectivity index (χ0) is 18.2. The molecule has 0 aromatic heterocycles. The summed E-state index contributed by atoms with van der Waals surface area (Å²) in [6.45, 7) is 3.74. The van der Waals surface area contributed by atoms with Crippen molar-refractivity contribution in [3.63, 3.8) is 0 Å². The molecular formula is C20H23NO4. The molecule has 0 aliphatic heterocycles. The van der Waals surface area contributed by atoms with Gasteiger partial charge < -0.3 is 14.8 Å². The van der Waals surface area contributed by atoms with Crippen molar-refractivity contribution in [2.45, 2.75) is 26.7 Å². The molecule has 2 aromatic carbocycles. The molecule has 0 fully saturated rings. The molecule has 0 radical (unpaired) electrons. The molecule has 2 rings (SSSR count). The van der Waals surface area contributed by atoms with E-state index in [9.17, 15) is 9.59 Å². The standard InChI is InChI=1S/C20H23NO4/c1-4-14-7-6-8-15(5-2)19(14)21-18(22)13-25-20(23)16-9-11-17(24-3)12-10-16/h6-12H,4-5,13H2,1-3H3,(H,21,22). The molecule has 0 unspecified atom stereocenters. The van der Waals surface area contributed by atoms with Crippen LogP contribution in [-0.4, -0.2) is 25.6 Å². The number of esters is 1. The Morgan fingerprint density at radius 2 is 1.56 bits per heavy atom. The van der Waals surface area contributed by atoms with Crippen LogP contribution in [0.3, 0.4) is 0 Å². The van der Waals surface area contributed by atoms with Gasteiger partial charge >= 0.3 is 5.97 Å². The van der Waals surface area contributed by atoms with Crippen molar-refractivity contribution >= 4 is 17.6 Å². The third-order valence-corrected chi connectivity index (χ3v) is 3.92. The summed E-state index contributed by atoms with van der Waals surface area (Å²) in [6, 6.07) is 12.5. The number of hydrogen-bond donors (Lipinski definition) is 1. The second kappa shape index (κ2) is 8.87. The highest BCUT2D eigenvalue weighted by atomic mass is 16.5. The molecule has 5 nitrogen and oxygen atoms in total. The maximum atomic E-state index is 12.2. The van der Waals surface area contributed by atoms with Gasteiger partial charge in [0.25, 0.3) is 5.91 Å². The summed E-state index contributed by atoms with van der Waals surface area (Å²) in [5, 5.41) is 2.87. The van der Waals surface area contributed by atoms with Gasteiger partial charge in [-0.3, -0.25) is 4.79 Å². The highest BCUT2D eigenvalue weighted by molar-refractivity contribution is 5.96. The zero-order valence-electron chi connectivity index (χ0n) is 14.8. The van der Waals surface area contributed by atoms with Crippen LogP contribution in [0.2, 0.25) is 0 Å². The van der Waals surface area contributed by atoms with Crippen LogP contribution in [-0.2, 0) is 22.4 Å². The lowest BCUT2D eigenvalue weighted by Gasteiger charge is -2.14. The number of amides is 1. The molecule has 0 saturated carbocycles. The van der Waals surface area contributed by atoms with Gasteiger partial charge in [0.15, 0.2) is 6.61 Å². The van der Waals surface area contributed by atoms with Gasteiger partial charge in [-0.2, -0.15) is 0 Å². The molecule has 1 N–H and O–H groups in total. The number of carbonyl (C=O) groups excluding carboxylic acids is 2. The smallest absolute Gasteiger partial charge is 0.338 e. The molecule has 5 heteroatoms. The Morgan fingerprint density at radius 3 is 2.08 bits per heavy atom. The van der Waals surface area contributed by atoms with E-state index in [2.05, 4.69) is 5.32 Å². The van der Waals surface area contributed by atoms with E-state index in [1.807, 2.05) is 32.0 Å². The molecule has 0 aliphatic carbocycles. The van der Waals surface area contributed by atoms with E-state index >= 15 is 0 Å². The minimum atomic E-state index is -0.544. The van der Waals surface area contributed by atoms with Crippen LogP contribution in [0.5, 0.6) is 5.75 Å². The van der Waals surface area contributed by atoms with Crippen molar-refractivity contribution in [2.75, 3.05) is 19.0 Å². The number of nitrogens with one attached hydrogen (secondary N) is 1. The Balaban J connectivity index is 1.97. The summed E-state index contributed by atoms with van der Waals surface area (Å²) < 4.78 is 10.1. The molecular weight excluding hydrogens is 318 g/mol. The maximum Gasteiger partial charge on any atom is 0.338 e. The van der Waals surface area contributed by atoms with E-state index in [0.717, 1.165) is 29.7 Å². The van der Waals surface area contributed by atoms with Crippen molar-refractivity contribution in [3.05, 3.63) is 59.2 Å². The number of benzene rings is 2. The minimum Gasteiger partial charge on any atom is -0.497 e. The van der Waals surface area contributed by atoms with Gasteiger partial charge in [0.05, 0.1) is 12.7 Å². The summed E-state index contributed by atoms with van der Waals surface area (Å²) in [5.41, 5.74) is 3.32. The highest BCUT2D eigenvalue weighted by Crippen LogP contribution is 2.22. The summed E-state index contributed by atoms with van der Waals surface area (Å²) in [4.78, 5) is 24.2. The number of methoxy groups -OCH3 is 1. The third kappa shape index (κ3) is 4.83. The molecule has 0 heterocycles. The Morgan fingerprint density at radius 1 is 0.960 bits per heavy atom. The van der Waals surface area contributed by atoms with Crippen LogP contribution in [0.4, 0.5) is 5.69 Å². The van der Waals surface area contributed by atoms with Crippen LogP contribution in [0.1, 0.15) is 35.3 Å². The first-order chi connectivity index (χ1) is 12.1. The van der Waals surface area contributed by atoms with Gasteiger partial charge in [-0.05, 0) is 48.2 Å².